The minimum absolute atomic E-state index is 0.128. The molecule has 0 atom stereocenters. The van der Waals surface area contributed by atoms with Crippen molar-refractivity contribution in [2.75, 3.05) is 43.5 Å². The number of methoxy groups -OCH3 is 1. The van der Waals surface area contributed by atoms with Crippen LogP contribution in [0.25, 0.3) is 0 Å². The minimum atomic E-state index is -3.53. The van der Waals surface area contributed by atoms with Crippen LogP contribution < -0.4 is 15.0 Å². The van der Waals surface area contributed by atoms with Gasteiger partial charge < -0.3 is 15.0 Å². The topological polar surface area (TPSA) is 91.8 Å². The van der Waals surface area contributed by atoms with Crippen LogP contribution in [0, 0.1) is 6.92 Å². The molecule has 1 fully saturated rings. The van der Waals surface area contributed by atoms with Crippen LogP contribution in [0.5, 0.6) is 5.75 Å². The largest absolute Gasteiger partial charge is 0.497 e. The molecule has 0 radical (unpaired) electrons. The normalized spacial score (nSPS) is 14.9. The van der Waals surface area contributed by atoms with Crippen LogP contribution in [-0.2, 0) is 21.2 Å². The van der Waals surface area contributed by atoms with Crippen molar-refractivity contribution in [3.05, 3.63) is 78.0 Å². The highest BCUT2D eigenvalue weighted by Gasteiger charge is 2.27. The molecule has 8 nitrogen and oxygen atoms in total. The second kappa shape index (κ2) is 10.9. The molecule has 184 valence electrons. The smallest absolute Gasteiger partial charge is 0.243 e. The Hall–Kier alpha value is -3.43. The summed E-state index contributed by atoms with van der Waals surface area (Å²) in [7, 11) is -1.92. The number of aryl methyl sites for hydroxylation is 1. The highest BCUT2D eigenvalue weighted by molar-refractivity contribution is 7.89. The molecule has 0 spiro atoms. The van der Waals surface area contributed by atoms with Crippen molar-refractivity contribution in [3.8, 4) is 5.75 Å². The molecule has 3 aromatic rings. The average Bonchev–Trinajstić information content (AvgIpc) is 3.12. The van der Waals surface area contributed by atoms with E-state index in [1.54, 1.807) is 29.7 Å². The SMILES string of the molecule is COc1ccc(CC(=O)Nc2ccc(N3CCCN(S(=O)(=O)c4ccc(C)cc4)CC3)nc2)cc1. The second-order valence-corrected chi connectivity index (χ2v) is 10.5. The molecule has 1 amide bonds. The third kappa shape index (κ3) is 6.17. The first kappa shape index (κ1) is 24.7. The fourth-order valence-corrected chi connectivity index (χ4v) is 5.47. The van der Waals surface area contributed by atoms with Crippen LogP contribution in [0.2, 0.25) is 0 Å². The van der Waals surface area contributed by atoms with Gasteiger partial charge in [-0.25, -0.2) is 13.4 Å². The lowest BCUT2D eigenvalue weighted by atomic mass is 10.1. The number of amides is 1. The standard InChI is InChI=1S/C26H30N4O4S/c1-20-4-11-24(12-5-20)35(32,33)30-15-3-14-29(16-17-30)25-13-8-22(19-27-25)28-26(31)18-21-6-9-23(34-2)10-7-21/h4-13,19H,3,14-18H2,1-2H3,(H,28,31). The first-order valence-electron chi connectivity index (χ1n) is 11.6. The van der Waals surface area contributed by atoms with Crippen LogP contribution >= 0.6 is 0 Å². The Labute approximate surface area is 206 Å². The molecule has 0 saturated carbocycles. The highest BCUT2D eigenvalue weighted by Crippen LogP contribution is 2.21. The number of benzene rings is 2. The number of carbonyl (C=O) groups excluding carboxylic acids is 1. The quantitative estimate of drug-likeness (QED) is 0.541. The molecule has 2 aromatic carbocycles. The third-order valence-corrected chi connectivity index (χ3v) is 7.91. The van der Waals surface area contributed by atoms with Crippen molar-refractivity contribution in [2.24, 2.45) is 0 Å². The molecule has 2 heterocycles. The first-order valence-corrected chi connectivity index (χ1v) is 13.0. The Bertz CT molecular complexity index is 1240. The Morgan fingerprint density at radius 2 is 1.71 bits per heavy atom. The van der Waals surface area contributed by atoms with E-state index < -0.39 is 10.0 Å². The zero-order valence-corrected chi connectivity index (χ0v) is 20.8. The summed E-state index contributed by atoms with van der Waals surface area (Å²) < 4.78 is 32.8. The van der Waals surface area contributed by atoms with E-state index in [9.17, 15) is 13.2 Å². The number of hydrogen-bond donors (Lipinski definition) is 1. The molecule has 1 saturated heterocycles. The summed E-state index contributed by atoms with van der Waals surface area (Å²) in [6.45, 7) is 4.03. The molecule has 9 heteroatoms. The van der Waals surface area contributed by atoms with Crippen LogP contribution in [0.15, 0.2) is 71.8 Å². The van der Waals surface area contributed by atoms with Gasteiger partial charge in [-0.05, 0) is 55.3 Å². The van der Waals surface area contributed by atoms with Gasteiger partial charge in [-0.1, -0.05) is 29.8 Å². The van der Waals surface area contributed by atoms with Gasteiger partial charge >= 0.3 is 0 Å². The van der Waals surface area contributed by atoms with Crippen LogP contribution in [-0.4, -0.2) is 56.9 Å². The van der Waals surface area contributed by atoms with E-state index in [1.165, 1.54) is 0 Å². The van der Waals surface area contributed by atoms with Gasteiger partial charge in [0.25, 0.3) is 0 Å². The van der Waals surface area contributed by atoms with E-state index in [4.69, 9.17) is 4.74 Å². The van der Waals surface area contributed by atoms with Crippen molar-refractivity contribution >= 4 is 27.4 Å². The second-order valence-electron chi connectivity index (χ2n) is 8.54. The molecule has 1 aliphatic heterocycles. The Morgan fingerprint density at radius 1 is 0.971 bits per heavy atom. The molecule has 1 aromatic heterocycles. The number of hydrogen-bond acceptors (Lipinski definition) is 6. The number of anilines is 2. The summed E-state index contributed by atoms with van der Waals surface area (Å²) in [5.41, 5.74) is 2.53. The van der Waals surface area contributed by atoms with E-state index >= 15 is 0 Å². The van der Waals surface area contributed by atoms with Gasteiger partial charge in [0.1, 0.15) is 11.6 Å². The predicted molar refractivity (Wildman–Crippen MR) is 136 cm³/mol. The number of carbonyl (C=O) groups is 1. The van der Waals surface area contributed by atoms with Gasteiger partial charge in [0.05, 0.1) is 30.3 Å². The van der Waals surface area contributed by atoms with Crippen molar-refractivity contribution < 1.29 is 17.9 Å². The number of sulfonamides is 1. The van der Waals surface area contributed by atoms with Gasteiger partial charge in [-0.2, -0.15) is 4.31 Å². The summed E-state index contributed by atoms with van der Waals surface area (Å²) >= 11 is 0. The number of nitrogens with one attached hydrogen (secondary N) is 1. The van der Waals surface area contributed by atoms with Crippen molar-refractivity contribution in [2.45, 2.75) is 24.7 Å². The Balaban J connectivity index is 1.34. The molecule has 1 aliphatic rings. The average molecular weight is 495 g/mol. The van der Waals surface area contributed by atoms with Crippen molar-refractivity contribution in [1.29, 1.82) is 0 Å². The Morgan fingerprint density at radius 3 is 2.37 bits per heavy atom. The van der Waals surface area contributed by atoms with E-state index in [0.29, 0.717) is 43.2 Å². The van der Waals surface area contributed by atoms with E-state index in [1.807, 2.05) is 55.5 Å². The first-order chi connectivity index (χ1) is 16.8. The number of pyridine rings is 1. The lowest BCUT2D eigenvalue weighted by Crippen LogP contribution is -2.35. The lowest BCUT2D eigenvalue weighted by Gasteiger charge is -2.23. The van der Waals surface area contributed by atoms with Gasteiger partial charge in [0.2, 0.25) is 15.9 Å². The molecule has 0 bridgehead atoms. The fraction of sp³-hybridized carbons (Fsp3) is 0.308. The van der Waals surface area contributed by atoms with Crippen molar-refractivity contribution in [1.82, 2.24) is 9.29 Å². The van der Waals surface area contributed by atoms with Crippen LogP contribution in [0.3, 0.4) is 0 Å². The monoisotopic (exact) mass is 494 g/mol. The van der Waals surface area contributed by atoms with E-state index in [2.05, 4.69) is 15.2 Å². The molecule has 4 rings (SSSR count). The fourth-order valence-electron chi connectivity index (χ4n) is 4.00. The molecule has 1 N–H and O–H groups in total. The van der Waals surface area contributed by atoms with Gasteiger partial charge in [0.15, 0.2) is 0 Å². The number of rotatable bonds is 7. The molecular formula is C26H30N4O4S. The van der Waals surface area contributed by atoms with Gasteiger partial charge in [-0.15, -0.1) is 0 Å². The molecular weight excluding hydrogens is 464 g/mol. The lowest BCUT2D eigenvalue weighted by molar-refractivity contribution is -0.115. The van der Waals surface area contributed by atoms with Crippen LogP contribution in [0.4, 0.5) is 11.5 Å². The third-order valence-electron chi connectivity index (χ3n) is 5.99. The summed E-state index contributed by atoms with van der Waals surface area (Å²) in [4.78, 5) is 19.3. The highest BCUT2D eigenvalue weighted by atomic mass is 32.2. The van der Waals surface area contributed by atoms with Crippen LogP contribution in [0.1, 0.15) is 17.5 Å². The van der Waals surface area contributed by atoms with E-state index in [0.717, 1.165) is 22.7 Å². The number of nitrogens with zero attached hydrogens (tertiary/aromatic N) is 3. The number of aromatic nitrogens is 1. The number of ether oxygens (including phenoxy) is 1. The predicted octanol–water partition coefficient (Wildman–Crippen LogP) is 3.48. The maximum absolute atomic E-state index is 13.1. The van der Waals surface area contributed by atoms with Gasteiger partial charge in [0, 0.05) is 26.2 Å². The summed E-state index contributed by atoms with van der Waals surface area (Å²) in [6, 6.07) is 18.0. The minimum Gasteiger partial charge on any atom is -0.497 e. The summed E-state index contributed by atoms with van der Waals surface area (Å²) in [5.74, 6) is 1.38. The maximum atomic E-state index is 13.1. The molecule has 35 heavy (non-hydrogen) atoms. The zero-order chi connectivity index (χ0) is 24.8. The molecule has 0 aliphatic carbocycles. The summed E-state index contributed by atoms with van der Waals surface area (Å²) in [6.07, 6.45) is 2.59. The van der Waals surface area contributed by atoms with Crippen molar-refractivity contribution in [3.63, 3.8) is 0 Å². The Kier molecular flexibility index (Phi) is 7.67. The van der Waals surface area contributed by atoms with Gasteiger partial charge in [-0.3, -0.25) is 4.79 Å². The zero-order valence-electron chi connectivity index (χ0n) is 20.0. The summed E-state index contributed by atoms with van der Waals surface area (Å²) in [5, 5.41) is 2.87. The van der Waals surface area contributed by atoms with E-state index in [-0.39, 0.29) is 12.3 Å². The maximum Gasteiger partial charge on any atom is 0.243 e. The molecule has 0 unspecified atom stereocenters.